The van der Waals surface area contributed by atoms with Crippen molar-refractivity contribution in [2.45, 2.75) is 18.9 Å². The van der Waals surface area contributed by atoms with E-state index < -0.39 is 6.04 Å². The zero-order valence-electron chi connectivity index (χ0n) is 10.5. The van der Waals surface area contributed by atoms with E-state index in [1.807, 2.05) is 0 Å². The van der Waals surface area contributed by atoms with Crippen LogP contribution in [-0.4, -0.2) is 55.8 Å². The summed E-state index contributed by atoms with van der Waals surface area (Å²) >= 11 is 0. The highest BCUT2D eigenvalue weighted by atomic mass is 16.2. The molecule has 0 aromatic rings. The SMILES string of the molecule is CNC(=O)CCC(=O)C1CN(CC(=O)NC)N=N1. The molecule has 0 aromatic heterocycles. The highest BCUT2D eigenvalue weighted by Gasteiger charge is 2.26. The second-order valence-electron chi connectivity index (χ2n) is 3.88. The van der Waals surface area contributed by atoms with Gasteiger partial charge in [0.25, 0.3) is 0 Å². The summed E-state index contributed by atoms with van der Waals surface area (Å²) in [6.45, 7) is 0.374. The van der Waals surface area contributed by atoms with Crippen molar-refractivity contribution < 1.29 is 14.4 Å². The molecule has 0 saturated heterocycles. The van der Waals surface area contributed by atoms with E-state index in [1.165, 1.54) is 19.1 Å². The maximum absolute atomic E-state index is 11.7. The first kappa shape index (κ1) is 14.1. The molecule has 2 N–H and O–H groups in total. The molecular weight excluding hydrogens is 238 g/mol. The minimum absolute atomic E-state index is 0.0826. The minimum atomic E-state index is -0.570. The molecular formula is C10H17N5O3. The number of carbonyl (C=O) groups is 3. The molecule has 0 radical (unpaired) electrons. The van der Waals surface area contributed by atoms with Gasteiger partial charge in [-0.2, -0.15) is 5.11 Å². The predicted molar refractivity (Wildman–Crippen MR) is 62.6 cm³/mol. The Hall–Kier alpha value is -1.99. The lowest BCUT2D eigenvalue weighted by Crippen LogP contribution is -2.35. The number of amides is 2. The molecule has 0 aliphatic carbocycles. The molecule has 1 heterocycles. The van der Waals surface area contributed by atoms with Crippen molar-refractivity contribution in [3.05, 3.63) is 0 Å². The van der Waals surface area contributed by atoms with Gasteiger partial charge in [-0.05, 0) is 0 Å². The van der Waals surface area contributed by atoms with E-state index in [0.29, 0.717) is 6.54 Å². The zero-order valence-corrected chi connectivity index (χ0v) is 10.5. The van der Waals surface area contributed by atoms with E-state index in [4.69, 9.17) is 0 Å². The molecule has 1 unspecified atom stereocenters. The lowest BCUT2D eigenvalue weighted by atomic mass is 10.1. The predicted octanol–water partition coefficient (Wildman–Crippen LogP) is -1.12. The average Bonchev–Trinajstić information content (AvgIpc) is 2.83. The zero-order chi connectivity index (χ0) is 13.5. The molecule has 0 bridgehead atoms. The fourth-order valence-electron chi connectivity index (χ4n) is 1.44. The minimum Gasteiger partial charge on any atom is -0.359 e. The number of nitrogens with zero attached hydrogens (tertiary/aromatic N) is 3. The molecule has 1 aliphatic heterocycles. The van der Waals surface area contributed by atoms with Gasteiger partial charge in [0.05, 0.1) is 6.54 Å². The first-order valence-electron chi connectivity index (χ1n) is 5.66. The van der Waals surface area contributed by atoms with Crippen molar-refractivity contribution in [3.8, 4) is 0 Å². The van der Waals surface area contributed by atoms with E-state index >= 15 is 0 Å². The Balaban J connectivity index is 2.33. The number of carbonyl (C=O) groups excluding carboxylic acids is 3. The van der Waals surface area contributed by atoms with Gasteiger partial charge in [0.2, 0.25) is 11.8 Å². The van der Waals surface area contributed by atoms with Crippen LogP contribution in [0.15, 0.2) is 10.3 Å². The summed E-state index contributed by atoms with van der Waals surface area (Å²) in [4.78, 5) is 33.8. The Kier molecular flexibility index (Phi) is 5.22. The second kappa shape index (κ2) is 6.67. The second-order valence-corrected chi connectivity index (χ2v) is 3.88. The molecule has 8 heteroatoms. The quantitative estimate of drug-likeness (QED) is 0.627. The molecule has 0 spiro atoms. The first-order chi connectivity index (χ1) is 8.56. The summed E-state index contributed by atoms with van der Waals surface area (Å²) in [5.41, 5.74) is 0. The van der Waals surface area contributed by atoms with E-state index in [9.17, 15) is 14.4 Å². The summed E-state index contributed by atoms with van der Waals surface area (Å²) in [6, 6.07) is -0.570. The molecule has 1 rings (SSSR count). The van der Waals surface area contributed by atoms with Crippen LogP contribution in [0.4, 0.5) is 0 Å². The smallest absolute Gasteiger partial charge is 0.241 e. The van der Waals surface area contributed by atoms with Crippen molar-refractivity contribution in [2.24, 2.45) is 10.3 Å². The number of likely N-dealkylation sites (N-methyl/N-ethyl adjacent to an activating group) is 1. The van der Waals surface area contributed by atoms with Crippen LogP contribution < -0.4 is 10.6 Å². The summed E-state index contributed by atoms with van der Waals surface area (Å²) < 4.78 is 0. The summed E-state index contributed by atoms with van der Waals surface area (Å²) in [6.07, 6.45) is 0.286. The Morgan fingerprint density at radius 3 is 2.44 bits per heavy atom. The van der Waals surface area contributed by atoms with Crippen molar-refractivity contribution in [3.63, 3.8) is 0 Å². The Bertz CT molecular complexity index is 369. The summed E-state index contributed by atoms with van der Waals surface area (Å²) in [5, 5.41) is 13.9. The summed E-state index contributed by atoms with van der Waals surface area (Å²) in [7, 11) is 3.05. The van der Waals surface area contributed by atoms with E-state index in [0.717, 1.165) is 0 Å². The van der Waals surface area contributed by atoms with Gasteiger partial charge >= 0.3 is 0 Å². The van der Waals surface area contributed by atoms with Gasteiger partial charge in [0.15, 0.2) is 11.8 Å². The normalized spacial score (nSPS) is 17.7. The lowest BCUT2D eigenvalue weighted by molar-refractivity contribution is -0.125. The van der Waals surface area contributed by atoms with Crippen molar-refractivity contribution >= 4 is 17.6 Å². The van der Waals surface area contributed by atoms with Gasteiger partial charge in [-0.3, -0.25) is 19.4 Å². The molecule has 8 nitrogen and oxygen atoms in total. The molecule has 100 valence electrons. The summed E-state index contributed by atoms with van der Waals surface area (Å²) in [5.74, 6) is -0.505. The average molecular weight is 255 g/mol. The van der Waals surface area contributed by atoms with Crippen LogP contribution in [0.25, 0.3) is 0 Å². The molecule has 18 heavy (non-hydrogen) atoms. The van der Waals surface area contributed by atoms with Crippen LogP contribution in [0.1, 0.15) is 12.8 Å². The number of ketones is 1. The number of rotatable bonds is 6. The molecule has 0 fully saturated rings. The number of nitrogens with one attached hydrogen (secondary N) is 2. The Labute approximate surface area is 105 Å². The van der Waals surface area contributed by atoms with Gasteiger partial charge < -0.3 is 10.6 Å². The highest BCUT2D eigenvalue weighted by molar-refractivity contribution is 5.88. The van der Waals surface area contributed by atoms with Crippen LogP contribution in [0.2, 0.25) is 0 Å². The standard InChI is InChI=1S/C10H17N5O3/c1-11-9(17)4-3-8(16)7-5-15(14-13-7)6-10(18)12-2/h7H,3-6H2,1-2H3,(H,11,17)(H,12,18). The van der Waals surface area contributed by atoms with Crippen LogP contribution in [0.5, 0.6) is 0 Å². The highest BCUT2D eigenvalue weighted by Crippen LogP contribution is 2.11. The number of Topliss-reactive ketones (excluding diaryl/α,β-unsaturated/α-hetero) is 1. The van der Waals surface area contributed by atoms with Gasteiger partial charge in [0, 0.05) is 26.9 Å². The maximum atomic E-state index is 11.7. The van der Waals surface area contributed by atoms with Crippen molar-refractivity contribution in [2.75, 3.05) is 27.2 Å². The number of hydrogen-bond acceptors (Lipinski definition) is 6. The van der Waals surface area contributed by atoms with E-state index in [-0.39, 0.29) is 37.0 Å². The maximum Gasteiger partial charge on any atom is 0.241 e. The first-order valence-corrected chi connectivity index (χ1v) is 5.66. The molecule has 2 amide bonds. The topological polar surface area (TPSA) is 103 Å². The van der Waals surface area contributed by atoms with E-state index in [1.54, 1.807) is 0 Å². The Morgan fingerprint density at radius 2 is 1.83 bits per heavy atom. The van der Waals surface area contributed by atoms with Gasteiger partial charge in [0.1, 0.15) is 6.54 Å². The van der Waals surface area contributed by atoms with Crippen LogP contribution in [0.3, 0.4) is 0 Å². The number of hydrogen-bond donors (Lipinski definition) is 2. The lowest BCUT2D eigenvalue weighted by Gasteiger charge is -2.11. The fraction of sp³-hybridized carbons (Fsp3) is 0.700. The van der Waals surface area contributed by atoms with E-state index in [2.05, 4.69) is 21.0 Å². The third-order valence-corrected chi connectivity index (χ3v) is 2.56. The monoisotopic (exact) mass is 255 g/mol. The molecule has 1 aliphatic rings. The fourth-order valence-corrected chi connectivity index (χ4v) is 1.44. The van der Waals surface area contributed by atoms with Gasteiger partial charge in [-0.1, -0.05) is 5.22 Å². The van der Waals surface area contributed by atoms with Gasteiger partial charge in [-0.25, -0.2) is 0 Å². The molecule has 1 atom stereocenters. The van der Waals surface area contributed by atoms with Crippen molar-refractivity contribution in [1.29, 1.82) is 0 Å². The molecule has 0 saturated carbocycles. The van der Waals surface area contributed by atoms with Crippen LogP contribution >= 0.6 is 0 Å². The van der Waals surface area contributed by atoms with Crippen LogP contribution in [-0.2, 0) is 14.4 Å². The van der Waals surface area contributed by atoms with Gasteiger partial charge in [-0.15, -0.1) is 0 Å². The third-order valence-electron chi connectivity index (χ3n) is 2.56. The van der Waals surface area contributed by atoms with Crippen molar-refractivity contribution in [1.82, 2.24) is 15.6 Å². The Morgan fingerprint density at radius 1 is 1.17 bits per heavy atom. The molecule has 0 aromatic carbocycles. The third kappa shape index (κ3) is 4.11. The van der Waals surface area contributed by atoms with Crippen LogP contribution in [0, 0.1) is 0 Å². The largest absolute Gasteiger partial charge is 0.359 e.